The van der Waals surface area contributed by atoms with E-state index in [9.17, 15) is 40.5 Å². The second-order valence-corrected chi connectivity index (χ2v) is 17.4. The average Bonchev–Trinajstić information content (AvgIpc) is 3.05. The summed E-state index contributed by atoms with van der Waals surface area (Å²) in [5.74, 6) is -2.28. The molecule has 0 aromatic rings. The Kier molecular flexibility index (Phi) is 15.7. The highest BCUT2D eigenvalue weighted by Gasteiger charge is 2.52. The van der Waals surface area contributed by atoms with Crippen LogP contribution in [0, 0.1) is 17.8 Å². The van der Waals surface area contributed by atoms with Gasteiger partial charge in [-0.25, -0.2) is 0 Å². The molecular formula is C38H72N2O12. The number of aliphatic hydroxyl groups excluding tert-OH is 5. The zero-order chi connectivity index (χ0) is 39.7. The van der Waals surface area contributed by atoms with Crippen LogP contribution < -0.4 is 0 Å². The summed E-state index contributed by atoms with van der Waals surface area (Å²) in [5, 5.41) is 81.4. The van der Waals surface area contributed by atoms with Gasteiger partial charge in [0.1, 0.15) is 24.1 Å². The first-order chi connectivity index (χ1) is 23.9. The van der Waals surface area contributed by atoms with Gasteiger partial charge in [-0.1, -0.05) is 27.2 Å². The molecule has 14 nitrogen and oxygen atoms in total. The van der Waals surface area contributed by atoms with E-state index >= 15 is 0 Å². The highest BCUT2D eigenvalue weighted by Crippen LogP contribution is 2.39. The first kappa shape index (κ1) is 45.5. The zero-order valence-corrected chi connectivity index (χ0v) is 33.7. The Bertz CT molecular complexity index is 1140. The number of nitrogens with zero attached hydrogens (tertiary/aromatic N) is 2. The van der Waals surface area contributed by atoms with Crippen molar-refractivity contribution in [3.8, 4) is 0 Å². The zero-order valence-electron chi connectivity index (χ0n) is 33.7. The van der Waals surface area contributed by atoms with Gasteiger partial charge in [0.15, 0.2) is 6.29 Å². The van der Waals surface area contributed by atoms with Gasteiger partial charge in [-0.2, -0.15) is 0 Å². The van der Waals surface area contributed by atoms with Crippen molar-refractivity contribution in [3.05, 3.63) is 0 Å². The lowest BCUT2D eigenvalue weighted by atomic mass is 9.75. The predicted molar refractivity (Wildman–Crippen MR) is 194 cm³/mol. The Morgan fingerprint density at radius 1 is 0.923 bits per heavy atom. The average molecular weight is 749 g/mol. The molecule has 0 bridgehead atoms. The highest BCUT2D eigenvalue weighted by molar-refractivity contribution is 5.81. The Morgan fingerprint density at radius 2 is 1.54 bits per heavy atom. The van der Waals surface area contributed by atoms with Gasteiger partial charge >= 0.3 is 0 Å². The van der Waals surface area contributed by atoms with E-state index in [0.717, 1.165) is 0 Å². The van der Waals surface area contributed by atoms with Crippen LogP contribution in [0.5, 0.6) is 0 Å². The Labute approximate surface area is 311 Å². The number of ether oxygens (including phenoxy) is 4. The van der Waals surface area contributed by atoms with Crippen molar-refractivity contribution in [2.75, 3.05) is 34.8 Å². The monoisotopic (exact) mass is 749 g/mol. The van der Waals surface area contributed by atoms with Crippen LogP contribution in [0.3, 0.4) is 0 Å². The maximum absolute atomic E-state index is 14.3. The Balaban J connectivity index is 2.17. The number of Topliss-reactive ketones (excluding diaryl/α,β-unsaturated/α-hetero) is 1. The number of likely N-dealkylation sites (N-methyl/N-ethyl adjacent to an activating group) is 2. The Morgan fingerprint density at radius 3 is 2.10 bits per heavy atom. The van der Waals surface area contributed by atoms with Gasteiger partial charge in [0.2, 0.25) is 0 Å². The number of hydrogen-bond acceptors (Lipinski definition) is 14. The van der Waals surface area contributed by atoms with Crippen LogP contribution in [0.15, 0.2) is 0 Å². The quantitative estimate of drug-likeness (QED) is 0.192. The molecule has 7 N–H and O–H groups in total. The van der Waals surface area contributed by atoms with Gasteiger partial charge in [-0.05, 0) is 80.4 Å². The molecule has 0 radical (unpaired) electrons. The van der Waals surface area contributed by atoms with Crippen LogP contribution in [0.2, 0.25) is 0 Å². The second kappa shape index (κ2) is 18.0. The Hall–Kier alpha value is -0.850. The minimum absolute atomic E-state index is 0.0544. The molecule has 18 atom stereocenters. The minimum Gasteiger partial charge on any atom is -0.393 e. The van der Waals surface area contributed by atoms with Gasteiger partial charge in [-0.15, -0.1) is 0 Å². The van der Waals surface area contributed by atoms with Crippen LogP contribution in [0.1, 0.15) is 93.9 Å². The van der Waals surface area contributed by atoms with Crippen molar-refractivity contribution in [2.24, 2.45) is 17.8 Å². The summed E-state index contributed by atoms with van der Waals surface area (Å²) in [7, 11) is 6.88. The van der Waals surface area contributed by atoms with Crippen LogP contribution in [0.4, 0.5) is 0 Å². The fraction of sp³-hybridized carbons (Fsp3) is 0.974. The van der Waals surface area contributed by atoms with Gasteiger partial charge in [0.05, 0.1) is 53.4 Å². The van der Waals surface area contributed by atoms with Crippen molar-refractivity contribution in [1.82, 2.24) is 9.80 Å². The third kappa shape index (κ3) is 10.1. The largest absolute Gasteiger partial charge is 0.393 e. The molecule has 52 heavy (non-hydrogen) atoms. The van der Waals surface area contributed by atoms with Crippen LogP contribution in [-0.4, -0.2) is 176 Å². The fourth-order valence-electron chi connectivity index (χ4n) is 8.93. The molecule has 18 unspecified atom stereocenters. The third-order valence-corrected chi connectivity index (χ3v) is 12.7. The smallest absolute Gasteiger partial charge is 0.161 e. The summed E-state index contributed by atoms with van der Waals surface area (Å²) in [4.78, 5) is 18.0. The summed E-state index contributed by atoms with van der Waals surface area (Å²) in [6.07, 6.45) is -10.5. The van der Waals surface area contributed by atoms with Crippen LogP contribution in [-0.2, 0) is 23.7 Å². The molecule has 2 aliphatic heterocycles. The lowest BCUT2D eigenvalue weighted by Crippen LogP contribution is -2.62. The van der Waals surface area contributed by atoms with E-state index < -0.39 is 102 Å². The van der Waals surface area contributed by atoms with E-state index in [0.29, 0.717) is 19.4 Å². The van der Waals surface area contributed by atoms with Crippen molar-refractivity contribution >= 4 is 5.78 Å². The number of rotatable bonds is 7. The molecule has 14 heteroatoms. The van der Waals surface area contributed by atoms with Crippen molar-refractivity contribution in [2.45, 2.75) is 184 Å². The molecule has 3 aliphatic rings. The molecule has 0 aromatic carbocycles. The summed E-state index contributed by atoms with van der Waals surface area (Å²) in [5.41, 5.74) is -4.49. The first-order valence-corrected chi connectivity index (χ1v) is 19.2. The SMILES string of the molecule is CCC1CC(=O)C(C)C(OC2CC(C)(OC)C(O)C(C)O2)C(O)C(OC2CC(O)CC(N(C)C)C2O)C(C)(O)CC(C)CN(C)C(C)C(O)C1(C)O. The molecule has 1 saturated carbocycles. The van der Waals surface area contributed by atoms with Gasteiger partial charge in [0, 0.05) is 50.9 Å². The van der Waals surface area contributed by atoms with E-state index in [2.05, 4.69) is 0 Å². The maximum Gasteiger partial charge on any atom is 0.161 e. The van der Waals surface area contributed by atoms with Crippen LogP contribution >= 0.6 is 0 Å². The topological polar surface area (TPSA) is 202 Å². The third-order valence-electron chi connectivity index (χ3n) is 12.7. The standard InChI is InChI=1S/C38H72N2O12/c1-13-24-14-27(42)21(3)32(52-29-18-37(7,49-12)34(46)23(5)50-29)31(44)35(51-28-16-25(41)15-26(30(28)43)39(9)10)36(6,47)17-20(2)19-40(11)22(4)33(45)38(24,8)48/h20-26,28-35,41,43-48H,13-19H2,1-12H3. The molecule has 2 saturated heterocycles. The van der Waals surface area contributed by atoms with Gasteiger partial charge < -0.3 is 64.5 Å². The lowest BCUT2D eigenvalue weighted by molar-refractivity contribution is -0.307. The molecule has 0 amide bonds. The van der Waals surface area contributed by atoms with E-state index in [1.165, 1.54) is 7.11 Å². The molecule has 3 fully saturated rings. The molecule has 306 valence electrons. The first-order valence-electron chi connectivity index (χ1n) is 19.2. The predicted octanol–water partition coefficient (Wildman–Crippen LogP) is 0.678. The van der Waals surface area contributed by atoms with E-state index in [1.54, 1.807) is 53.6 Å². The summed E-state index contributed by atoms with van der Waals surface area (Å²) in [6, 6.07) is -0.972. The number of methoxy groups -OCH3 is 1. The number of aliphatic hydroxyl groups is 7. The summed E-state index contributed by atoms with van der Waals surface area (Å²) < 4.78 is 24.9. The molecule has 0 spiro atoms. The highest BCUT2D eigenvalue weighted by atomic mass is 16.7. The van der Waals surface area contributed by atoms with E-state index in [1.807, 2.05) is 32.7 Å². The van der Waals surface area contributed by atoms with Crippen molar-refractivity contribution in [3.63, 3.8) is 0 Å². The second-order valence-electron chi connectivity index (χ2n) is 17.4. The van der Waals surface area contributed by atoms with Crippen molar-refractivity contribution < 1.29 is 59.5 Å². The maximum atomic E-state index is 14.3. The fourth-order valence-corrected chi connectivity index (χ4v) is 8.93. The summed E-state index contributed by atoms with van der Waals surface area (Å²) >= 11 is 0. The van der Waals surface area contributed by atoms with Crippen LogP contribution in [0.25, 0.3) is 0 Å². The molecular weight excluding hydrogens is 676 g/mol. The van der Waals surface area contributed by atoms with Crippen molar-refractivity contribution in [1.29, 1.82) is 0 Å². The van der Waals surface area contributed by atoms with E-state index in [-0.39, 0.29) is 37.4 Å². The number of carbonyl (C=O) groups excluding carboxylic acids is 1. The molecule has 3 rings (SSSR count). The number of hydrogen-bond donors (Lipinski definition) is 7. The minimum atomic E-state index is -1.77. The van der Waals surface area contributed by atoms with E-state index in [4.69, 9.17) is 18.9 Å². The lowest BCUT2D eigenvalue weighted by Gasteiger charge is -2.48. The molecule has 0 aromatic heterocycles. The van der Waals surface area contributed by atoms with Gasteiger partial charge in [-0.3, -0.25) is 4.79 Å². The number of ketones is 1. The van der Waals surface area contributed by atoms with Gasteiger partial charge in [0.25, 0.3) is 0 Å². The molecule has 1 aliphatic carbocycles. The summed E-state index contributed by atoms with van der Waals surface area (Å²) in [6.45, 7) is 14.1. The normalized spacial score (nSPS) is 49.8. The number of carbonyl (C=O) groups is 1. The molecule has 2 heterocycles.